The highest BCUT2D eigenvalue weighted by atomic mass is 79.9. The van der Waals surface area contributed by atoms with Gasteiger partial charge in [-0.05, 0) is 40.9 Å². The fraction of sp³-hybridized carbons (Fsp3) is 0.385. The third-order valence-corrected chi connectivity index (χ3v) is 4.04. The molecule has 84 valence electrons. The number of piperidine rings is 1. The molecule has 0 spiro atoms. The lowest BCUT2D eigenvalue weighted by Gasteiger charge is -2.24. The number of nitrogens with one attached hydrogen (secondary N) is 2. The van der Waals surface area contributed by atoms with Gasteiger partial charge in [0.25, 0.3) is 0 Å². The maximum Gasteiger partial charge on any atom is 0.0514 e. The first kappa shape index (κ1) is 10.4. The molecular weight excluding hydrogens is 264 g/mol. The number of halogens is 1. The quantitative estimate of drug-likeness (QED) is 0.817. The fourth-order valence-electron chi connectivity index (χ4n) is 2.55. The van der Waals surface area contributed by atoms with Gasteiger partial charge < -0.3 is 10.3 Å². The lowest BCUT2D eigenvalue weighted by atomic mass is 9.96. The summed E-state index contributed by atoms with van der Waals surface area (Å²) in [6.07, 6.45) is 5.91. The van der Waals surface area contributed by atoms with Crippen molar-refractivity contribution in [2.24, 2.45) is 0 Å². The Morgan fingerprint density at radius 3 is 3.00 bits per heavy atom. The molecule has 0 radical (unpaired) electrons. The summed E-state index contributed by atoms with van der Waals surface area (Å²) in [7, 11) is 0. The van der Waals surface area contributed by atoms with Gasteiger partial charge in [0.1, 0.15) is 0 Å². The number of aromatic nitrogens is 1. The van der Waals surface area contributed by atoms with Crippen molar-refractivity contribution in [3.8, 4) is 0 Å². The van der Waals surface area contributed by atoms with Gasteiger partial charge in [0, 0.05) is 22.1 Å². The van der Waals surface area contributed by atoms with Gasteiger partial charge in [0.2, 0.25) is 0 Å². The van der Waals surface area contributed by atoms with E-state index in [4.69, 9.17) is 0 Å². The number of benzene rings is 1. The van der Waals surface area contributed by atoms with E-state index >= 15 is 0 Å². The van der Waals surface area contributed by atoms with Crippen LogP contribution in [0.15, 0.2) is 28.9 Å². The van der Waals surface area contributed by atoms with Crippen LogP contribution in [-0.4, -0.2) is 11.5 Å². The molecule has 1 aromatic heterocycles. The van der Waals surface area contributed by atoms with Gasteiger partial charge >= 0.3 is 0 Å². The summed E-state index contributed by atoms with van der Waals surface area (Å²) >= 11 is 3.57. The zero-order valence-electron chi connectivity index (χ0n) is 9.09. The van der Waals surface area contributed by atoms with Crippen molar-refractivity contribution in [2.75, 3.05) is 6.54 Å². The molecule has 3 heteroatoms. The van der Waals surface area contributed by atoms with E-state index in [2.05, 4.69) is 44.4 Å². The molecule has 0 amide bonds. The zero-order chi connectivity index (χ0) is 11.0. The van der Waals surface area contributed by atoms with Crippen LogP contribution < -0.4 is 5.32 Å². The van der Waals surface area contributed by atoms with Gasteiger partial charge in [-0.3, -0.25) is 0 Å². The van der Waals surface area contributed by atoms with Crippen LogP contribution in [0.25, 0.3) is 10.9 Å². The minimum absolute atomic E-state index is 0.517. The average molecular weight is 279 g/mol. The molecular formula is C13H15BrN2. The summed E-state index contributed by atoms with van der Waals surface area (Å²) in [4.78, 5) is 3.37. The Bertz CT molecular complexity index is 498. The standard InChI is InChI=1S/C13H15BrN2/c14-11-8-16-13-9(11)4-3-5-10(13)12-6-1-2-7-15-12/h3-5,8,12,15-16H,1-2,6-7H2. The third-order valence-electron chi connectivity index (χ3n) is 3.38. The van der Waals surface area contributed by atoms with Gasteiger partial charge in [-0.2, -0.15) is 0 Å². The van der Waals surface area contributed by atoms with Crippen molar-refractivity contribution >= 4 is 26.8 Å². The maximum atomic E-state index is 3.60. The minimum atomic E-state index is 0.517. The van der Waals surface area contributed by atoms with Crippen LogP contribution in [0.3, 0.4) is 0 Å². The van der Waals surface area contributed by atoms with Gasteiger partial charge in [-0.25, -0.2) is 0 Å². The van der Waals surface area contributed by atoms with E-state index in [9.17, 15) is 0 Å². The summed E-state index contributed by atoms with van der Waals surface area (Å²) in [5.74, 6) is 0. The molecule has 16 heavy (non-hydrogen) atoms. The van der Waals surface area contributed by atoms with Crippen molar-refractivity contribution in [3.05, 3.63) is 34.4 Å². The number of para-hydroxylation sites is 1. The summed E-state index contributed by atoms with van der Waals surface area (Å²) in [6.45, 7) is 1.14. The summed E-state index contributed by atoms with van der Waals surface area (Å²) in [5.41, 5.74) is 2.68. The number of aromatic amines is 1. The SMILES string of the molecule is Brc1c[nH]c2c(C3CCCCN3)cccc12. The van der Waals surface area contributed by atoms with E-state index in [-0.39, 0.29) is 0 Å². The van der Waals surface area contributed by atoms with Crippen molar-refractivity contribution in [2.45, 2.75) is 25.3 Å². The van der Waals surface area contributed by atoms with Crippen molar-refractivity contribution < 1.29 is 0 Å². The normalized spacial score (nSPS) is 21.4. The Morgan fingerprint density at radius 2 is 2.19 bits per heavy atom. The first-order chi connectivity index (χ1) is 7.86. The first-order valence-electron chi connectivity index (χ1n) is 5.85. The Balaban J connectivity index is 2.08. The molecule has 1 aromatic carbocycles. The van der Waals surface area contributed by atoms with Gasteiger partial charge in [0.15, 0.2) is 0 Å². The second-order valence-electron chi connectivity index (χ2n) is 4.41. The number of H-pyrrole nitrogens is 1. The molecule has 2 N–H and O–H groups in total. The van der Waals surface area contributed by atoms with Crippen LogP contribution >= 0.6 is 15.9 Å². The van der Waals surface area contributed by atoms with E-state index in [1.165, 1.54) is 35.7 Å². The molecule has 3 rings (SSSR count). The Morgan fingerprint density at radius 1 is 1.25 bits per heavy atom. The summed E-state index contributed by atoms with van der Waals surface area (Å²) < 4.78 is 1.15. The molecule has 1 unspecified atom stereocenters. The van der Waals surface area contributed by atoms with E-state index in [0.717, 1.165) is 11.0 Å². The minimum Gasteiger partial charge on any atom is -0.360 e. The lowest BCUT2D eigenvalue weighted by Crippen LogP contribution is -2.26. The van der Waals surface area contributed by atoms with Crippen molar-refractivity contribution in [3.63, 3.8) is 0 Å². The monoisotopic (exact) mass is 278 g/mol. The van der Waals surface area contributed by atoms with E-state index in [1.54, 1.807) is 0 Å². The molecule has 2 aromatic rings. The number of hydrogen-bond acceptors (Lipinski definition) is 1. The number of hydrogen-bond donors (Lipinski definition) is 2. The van der Waals surface area contributed by atoms with Gasteiger partial charge in [-0.15, -0.1) is 0 Å². The van der Waals surface area contributed by atoms with Crippen LogP contribution in [0, 0.1) is 0 Å². The third kappa shape index (κ3) is 1.68. The van der Waals surface area contributed by atoms with Crippen LogP contribution in [0.1, 0.15) is 30.9 Å². The fourth-order valence-corrected chi connectivity index (χ4v) is 3.00. The molecule has 0 bridgehead atoms. The molecule has 1 aliphatic heterocycles. The van der Waals surface area contributed by atoms with Gasteiger partial charge in [0.05, 0.1) is 5.52 Å². The van der Waals surface area contributed by atoms with Crippen molar-refractivity contribution in [1.82, 2.24) is 10.3 Å². The molecule has 1 aliphatic rings. The van der Waals surface area contributed by atoms with Crippen LogP contribution in [0.2, 0.25) is 0 Å². The van der Waals surface area contributed by atoms with E-state index in [1.807, 2.05) is 6.20 Å². The van der Waals surface area contributed by atoms with Crippen LogP contribution in [-0.2, 0) is 0 Å². The van der Waals surface area contributed by atoms with Crippen molar-refractivity contribution in [1.29, 1.82) is 0 Å². The first-order valence-corrected chi connectivity index (χ1v) is 6.64. The molecule has 1 fully saturated rings. The highest BCUT2D eigenvalue weighted by Gasteiger charge is 2.17. The molecule has 0 aliphatic carbocycles. The highest BCUT2D eigenvalue weighted by Crippen LogP contribution is 2.31. The average Bonchev–Trinajstić information content (AvgIpc) is 2.73. The highest BCUT2D eigenvalue weighted by molar-refractivity contribution is 9.10. The lowest BCUT2D eigenvalue weighted by molar-refractivity contribution is 0.414. The predicted octanol–water partition coefficient (Wildman–Crippen LogP) is 3.75. The summed E-state index contributed by atoms with van der Waals surface area (Å²) in [5, 5.41) is 4.88. The van der Waals surface area contributed by atoms with E-state index in [0.29, 0.717) is 6.04 Å². The number of fused-ring (bicyclic) bond motifs is 1. The second-order valence-corrected chi connectivity index (χ2v) is 5.26. The van der Waals surface area contributed by atoms with Crippen LogP contribution in [0.5, 0.6) is 0 Å². The molecule has 1 atom stereocenters. The second kappa shape index (κ2) is 4.22. The van der Waals surface area contributed by atoms with Gasteiger partial charge in [-0.1, -0.05) is 24.6 Å². The Hall–Kier alpha value is -0.800. The Labute approximate surface area is 104 Å². The smallest absolute Gasteiger partial charge is 0.0514 e. The summed E-state index contributed by atoms with van der Waals surface area (Å²) in [6, 6.07) is 7.05. The topological polar surface area (TPSA) is 27.8 Å². The zero-order valence-corrected chi connectivity index (χ0v) is 10.7. The molecule has 2 nitrogen and oxygen atoms in total. The maximum absolute atomic E-state index is 3.60. The van der Waals surface area contributed by atoms with E-state index < -0.39 is 0 Å². The molecule has 0 saturated carbocycles. The molecule has 1 saturated heterocycles. The van der Waals surface area contributed by atoms with Crippen LogP contribution in [0.4, 0.5) is 0 Å². The Kier molecular flexibility index (Phi) is 2.74. The molecule has 2 heterocycles. The number of rotatable bonds is 1. The largest absolute Gasteiger partial charge is 0.360 e. The predicted molar refractivity (Wildman–Crippen MR) is 70.6 cm³/mol.